The van der Waals surface area contributed by atoms with Crippen molar-refractivity contribution in [3.8, 4) is 0 Å². The van der Waals surface area contributed by atoms with Crippen molar-refractivity contribution >= 4 is 29.9 Å². The molecule has 1 aromatic heterocycles. The predicted molar refractivity (Wildman–Crippen MR) is 122 cm³/mol. The Hall–Kier alpha value is -0.860. The van der Waals surface area contributed by atoms with E-state index in [9.17, 15) is 0 Å². The van der Waals surface area contributed by atoms with Crippen LogP contribution in [0.1, 0.15) is 64.5 Å². The molecule has 0 radical (unpaired) electrons. The van der Waals surface area contributed by atoms with Crippen LogP contribution in [0.25, 0.3) is 0 Å². The first-order valence-electron chi connectivity index (χ1n) is 10.6. The second-order valence-corrected chi connectivity index (χ2v) is 8.21. The molecule has 27 heavy (non-hydrogen) atoms. The number of nitrogens with zero attached hydrogens (tertiary/aromatic N) is 5. The molecule has 6 nitrogen and oxygen atoms in total. The molecule has 0 aromatic carbocycles. The van der Waals surface area contributed by atoms with Gasteiger partial charge in [0.2, 0.25) is 0 Å². The van der Waals surface area contributed by atoms with Crippen LogP contribution in [0.15, 0.2) is 4.99 Å². The molecule has 0 saturated carbocycles. The lowest BCUT2D eigenvalue weighted by atomic mass is 9.97. The Kier molecular flexibility index (Phi) is 9.32. The minimum atomic E-state index is 0. The van der Waals surface area contributed by atoms with Crippen LogP contribution in [0.3, 0.4) is 0 Å². The standard InChI is InChI=1S/C20H36N6.HI/c1-4-21-20(25-13-10-17(15-25)14-16(2)3)22-11-9-19-24-23-18-8-6-5-7-12-26(18)19;/h16-17H,4-15H2,1-3H3,(H,21,22);1H. The number of rotatable bonds is 6. The highest BCUT2D eigenvalue weighted by Crippen LogP contribution is 2.23. The highest BCUT2D eigenvalue weighted by Gasteiger charge is 2.25. The molecule has 7 heteroatoms. The Balaban J connectivity index is 0.00000261. The lowest BCUT2D eigenvalue weighted by molar-refractivity contribution is 0.403. The first kappa shape index (κ1) is 22.4. The zero-order valence-electron chi connectivity index (χ0n) is 17.3. The fraction of sp³-hybridized carbons (Fsp3) is 0.850. The summed E-state index contributed by atoms with van der Waals surface area (Å²) in [6.45, 7) is 11.8. The number of nitrogens with one attached hydrogen (secondary N) is 1. The van der Waals surface area contributed by atoms with Crippen molar-refractivity contribution in [1.82, 2.24) is 25.0 Å². The van der Waals surface area contributed by atoms with Crippen molar-refractivity contribution in [1.29, 1.82) is 0 Å². The predicted octanol–water partition coefficient (Wildman–Crippen LogP) is 3.50. The van der Waals surface area contributed by atoms with E-state index in [4.69, 9.17) is 4.99 Å². The van der Waals surface area contributed by atoms with E-state index in [-0.39, 0.29) is 24.0 Å². The molecular weight excluding hydrogens is 451 g/mol. The van der Waals surface area contributed by atoms with E-state index in [1.54, 1.807) is 0 Å². The van der Waals surface area contributed by atoms with E-state index in [2.05, 4.69) is 45.8 Å². The zero-order chi connectivity index (χ0) is 18.4. The van der Waals surface area contributed by atoms with Crippen LogP contribution >= 0.6 is 24.0 Å². The molecule has 1 saturated heterocycles. The first-order chi connectivity index (χ1) is 12.7. The maximum atomic E-state index is 4.91. The summed E-state index contributed by atoms with van der Waals surface area (Å²) in [5.41, 5.74) is 0. The van der Waals surface area contributed by atoms with Crippen LogP contribution in [0.4, 0.5) is 0 Å². The van der Waals surface area contributed by atoms with Crippen LogP contribution < -0.4 is 5.32 Å². The van der Waals surface area contributed by atoms with Gasteiger partial charge in [0.15, 0.2) is 5.96 Å². The van der Waals surface area contributed by atoms with Crippen molar-refractivity contribution in [3.63, 3.8) is 0 Å². The molecule has 0 spiro atoms. The van der Waals surface area contributed by atoms with Gasteiger partial charge in [-0.25, -0.2) is 0 Å². The summed E-state index contributed by atoms with van der Waals surface area (Å²) in [6, 6.07) is 0. The highest BCUT2D eigenvalue weighted by atomic mass is 127. The lowest BCUT2D eigenvalue weighted by Crippen LogP contribution is -2.40. The molecule has 2 aliphatic rings. The Morgan fingerprint density at radius 3 is 2.85 bits per heavy atom. The van der Waals surface area contributed by atoms with Crippen LogP contribution in [0, 0.1) is 11.8 Å². The summed E-state index contributed by atoms with van der Waals surface area (Å²) in [5, 5.41) is 12.3. The quantitative estimate of drug-likeness (QED) is 0.379. The first-order valence-corrected chi connectivity index (χ1v) is 10.6. The maximum absolute atomic E-state index is 4.91. The smallest absolute Gasteiger partial charge is 0.193 e. The van der Waals surface area contributed by atoms with Crippen LogP contribution in [-0.4, -0.2) is 51.8 Å². The molecule has 2 aliphatic heterocycles. The van der Waals surface area contributed by atoms with Crippen molar-refractivity contribution in [3.05, 3.63) is 11.6 Å². The average molecular weight is 488 g/mol. The molecule has 0 bridgehead atoms. The molecule has 3 rings (SSSR count). The fourth-order valence-corrected chi connectivity index (χ4v) is 4.30. The van der Waals surface area contributed by atoms with E-state index in [1.165, 1.54) is 37.9 Å². The number of halogens is 1. The van der Waals surface area contributed by atoms with Crippen LogP contribution in [0.2, 0.25) is 0 Å². The van der Waals surface area contributed by atoms with Gasteiger partial charge in [-0.15, -0.1) is 34.2 Å². The number of hydrogen-bond donors (Lipinski definition) is 1. The molecule has 1 atom stereocenters. The number of fused-ring (bicyclic) bond motifs is 1. The lowest BCUT2D eigenvalue weighted by Gasteiger charge is -2.22. The molecule has 0 aliphatic carbocycles. The third-order valence-corrected chi connectivity index (χ3v) is 5.51. The Labute approximate surface area is 181 Å². The fourth-order valence-electron chi connectivity index (χ4n) is 4.30. The number of guanidine groups is 1. The molecule has 1 N–H and O–H groups in total. The van der Waals surface area contributed by atoms with Gasteiger partial charge in [0.25, 0.3) is 0 Å². The van der Waals surface area contributed by atoms with Crippen LogP contribution in [0.5, 0.6) is 0 Å². The van der Waals surface area contributed by atoms with Gasteiger partial charge in [-0.05, 0) is 44.4 Å². The number of aliphatic imine (C=N–C) groups is 1. The van der Waals surface area contributed by atoms with Gasteiger partial charge in [-0.2, -0.15) is 0 Å². The number of aromatic nitrogens is 3. The Bertz CT molecular complexity index is 597. The molecule has 154 valence electrons. The van der Waals surface area contributed by atoms with Gasteiger partial charge in [-0.3, -0.25) is 4.99 Å². The minimum absolute atomic E-state index is 0. The Morgan fingerprint density at radius 1 is 1.22 bits per heavy atom. The highest BCUT2D eigenvalue weighted by molar-refractivity contribution is 14.0. The van der Waals surface area contributed by atoms with Gasteiger partial charge in [0, 0.05) is 45.6 Å². The Morgan fingerprint density at radius 2 is 2.07 bits per heavy atom. The van der Waals surface area contributed by atoms with E-state index < -0.39 is 0 Å². The molecule has 1 unspecified atom stereocenters. The average Bonchev–Trinajstić information content (AvgIpc) is 3.14. The number of likely N-dealkylation sites (tertiary alicyclic amines) is 1. The minimum Gasteiger partial charge on any atom is -0.357 e. The second kappa shape index (κ2) is 11.2. The van der Waals surface area contributed by atoms with Crippen molar-refractivity contribution in [2.75, 3.05) is 26.2 Å². The third kappa shape index (κ3) is 6.32. The normalized spacial score (nSPS) is 20.4. The van der Waals surface area contributed by atoms with Crippen molar-refractivity contribution in [2.24, 2.45) is 16.8 Å². The summed E-state index contributed by atoms with van der Waals surface area (Å²) >= 11 is 0. The largest absolute Gasteiger partial charge is 0.357 e. The number of aryl methyl sites for hydroxylation is 1. The monoisotopic (exact) mass is 488 g/mol. The van der Waals surface area contributed by atoms with E-state index in [1.807, 2.05) is 0 Å². The summed E-state index contributed by atoms with van der Waals surface area (Å²) in [4.78, 5) is 7.35. The van der Waals surface area contributed by atoms with Crippen molar-refractivity contribution < 1.29 is 0 Å². The van der Waals surface area contributed by atoms with E-state index in [0.717, 1.165) is 69.2 Å². The molecule has 1 fully saturated rings. The van der Waals surface area contributed by atoms with Gasteiger partial charge < -0.3 is 14.8 Å². The maximum Gasteiger partial charge on any atom is 0.193 e. The molecule has 0 amide bonds. The summed E-state index contributed by atoms with van der Waals surface area (Å²) in [6.07, 6.45) is 8.36. The molecular formula is C20H37IN6. The summed E-state index contributed by atoms with van der Waals surface area (Å²) in [5.74, 6) is 4.95. The van der Waals surface area contributed by atoms with Gasteiger partial charge in [0.05, 0.1) is 0 Å². The second-order valence-electron chi connectivity index (χ2n) is 8.21. The molecule has 3 heterocycles. The SMILES string of the molecule is CCNC(=NCCc1nnc2n1CCCCC2)N1CCC(CC(C)C)C1.I. The van der Waals surface area contributed by atoms with Gasteiger partial charge in [0.1, 0.15) is 11.6 Å². The van der Waals surface area contributed by atoms with E-state index >= 15 is 0 Å². The van der Waals surface area contributed by atoms with Crippen molar-refractivity contribution in [2.45, 2.75) is 72.3 Å². The van der Waals surface area contributed by atoms with Crippen LogP contribution in [-0.2, 0) is 19.4 Å². The summed E-state index contributed by atoms with van der Waals surface area (Å²) in [7, 11) is 0. The third-order valence-electron chi connectivity index (χ3n) is 5.51. The van der Waals surface area contributed by atoms with Gasteiger partial charge in [-0.1, -0.05) is 20.3 Å². The summed E-state index contributed by atoms with van der Waals surface area (Å²) < 4.78 is 2.34. The number of hydrogen-bond acceptors (Lipinski definition) is 3. The van der Waals surface area contributed by atoms with Gasteiger partial charge >= 0.3 is 0 Å². The molecule has 1 aromatic rings. The topological polar surface area (TPSA) is 58.3 Å². The zero-order valence-corrected chi connectivity index (χ0v) is 19.6. The van der Waals surface area contributed by atoms with E-state index in [0.29, 0.717) is 0 Å².